The second-order valence-corrected chi connectivity index (χ2v) is 4.37. The van der Waals surface area contributed by atoms with Crippen molar-refractivity contribution in [1.82, 2.24) is 19.5 Å². The van der Waals surface area contributed by atoms with Crippen LogP contribution in [0.5, 0.6) is 0 Å². The maximum absolute atomic E-state index is 5.83. The van der Waals surface area contributed by atoms with Crippen LogP contribution in [0.2, 0.25) is 0 Å². The van der Waals surface area contributed by atoms with Crippen molar-refractivity contribution in [3.63, 3.8) is 0 Å². The summed E-state index contributed by atoms with van der Waals surface area (Å²) in [4.78, 5) is 11.3. The molecule has 2 heterocycles. The van der Waals surface area contributed by atoms with Crippen LogP contribution in [0.15, 0.2) is 36.7 Å². The number of nitrogens with zero attached hydrogens (tertiary/aromatic N) is 3. The van der Waals surface area contributed by atoms with E-state index in [9.17, 15) is 0 Å². The molecule has 0 aliphatic heterocycles. The summed E-state index contributed by atoms with van der Waals surface area (Å²) in [5, 5.41) is 0. The molecular formula is C12H11N5S. The van der Waals surface area contributed by atoms with Crippen molar-refractivity contribution in [1.29, 1.82) is 0 Å². The van der Waals surface area contributed by atoms with Gasteiger partial charge in [-0.15, -0.1) is 0 Å². The molecule has 5 nitrogen and oxygen atoms in total. The molecule has 0 amide bonds. The third-order valence-electron chi connectivity index (χ3n) is 2.71. The number of nitrogens with two attached hydrogens (primary N) is 1. The molecule has 0 aliphatic rings. The van der Waals surface area contributed by atoms with Crippen LogP contribution in [-0.2, 0) is 6.54 Å². The Bertz CT molecular complexity index is 744. The Morgan fingerprint density at radius 1 is 1.28 bits per heavy atom. The molecule has 90 valence electrons. The SMILES string of the molecule is Nc1[nH]c(=S)nc2c1ncn2Cc1ccccc1. The standard InChI is InChI=1S/C12H11N5S/c13-10-9-11(16-12(18)15-10)17(7-14-9)6-8-4-2-1-3-5-8/h1-5,7H,6H2,(H3,13,15,16,18). The minimum Gasteiger partial charge on any atom is -0.383 e. The minimum atomic E-state index is 0.370. The lowest BCUT2D eigenvalue weighted by molar-refractivity contribution is 0.812. The van der Waals surface area contributed by atoms with Crippen LogP contribution < -0.4 is 5.73 Å². The summed E-state index contributed by atoms with van der Waals surface area (Å²) < 4.78 is 2.31. The number of H-pyrrole nitrogens is 1. The average molecular weight is 257 g/mol. The van der Waals surface area contributed by atoms with Gasteiger partial charge in [-0.1, -0.05) is 30.3 Å². The highest BCUT2D eigenvalue weighted by atomic mass is 32.1. The first-order valence-electron chi connectivity index (χ1n) is 5.48. The van der Waals surface area contributed by atoms with Crippen molar-refractivity contribution in [2.75, 3.05) is 5.73 Å². The predicted molar refractivity (Wildman–Crippen MR) is 72.7 cm³/mol. The van der Waals surface area contributed by atoms with Gasteiger partial charge in [0, 0.05) is 0 Å². The van der Waals surface area contributed by atoms with Crippen LogP contribution in [-0.4, -0.2) is 19.5 Å². The Morgan fingerprint density at radius 2 is 2.06 bits per heavy atom. The molecule has 0 fully saturated rings. The van der Waals surface area contributed by atoms with Gasteiger partial charge in [-0.2, -0.15) is 4.98 Å². The van der Waals surface area contributed by atoms with E-state index in [0.29, 0.717) is 28.3 Å². The van der Waals surface area contributed by atoms with Crippen molar-refractivity contribution in [2.24, 2.45) is 0 Å². The summed E-state index contributed by atoms with van der Waals surface area (Å²) in [6, 6.07) is 10.1. The lowest BCUT2D eigenvalue weighted by Crippen LogP contribution is -2.01. The number of rotatable bonds is 2. The van der Waals surface area contributed by atoms with Gasteiger partial charge in [0.25, 0.3) is 0 Å². The molecule has 0 saturated heterocycles. The maximum Gasteiger partial charge on any atom is 0.200 e. The number of anilines is 1. The molecule has 1 aromatic carbocycles. The van der Waals surface area contributed by atoms with Gasteiger partial charge in [0.1, 0.15) is 11.3 Å². The lowest BCUT2D eigenvalue weighted by Gasteiger charge is -2.03. The first kappa shape index (κ1) is 10.9. The van der Waals surface area contributed by atoms with Crippen molar-refractivity contribution in [2.45, 2.75) is 6.54 Å². The summed E-state index contributed by atoms with van der Waals surface area (Å²) in [6.07, 6.45) is 1.73. The highest BCUT2D eigenvalue weighted by molar-refractivity contribution is 7.71. The van der Waals surface area contributed by atoms with Crippen molar-refractivity contribution in [3.8, 4) is 0 Å². The van der Waals surface area contributed by atoms with Gasteiger partial charge in [-0.3, -0.25) is 0 Å². The van der Waals surface area contributed by atoms with E-state index in [1.165, 1.54) is 5.56 Å². The topological polar surface area (TPSA) is 72.5 Å². The van der Waals surface area contributed by atoms with E-state index < -0.39 is 0 Å². The summed E-state index contributed by atoms with van der Waals surface area (Å²) in [7, 11) is 0. The zero-order chi connectivity index (χ0) is 12.5. The fourth-order valence-corrected chi connectivity index (χ4v) is 2.07. The number of nitrogen functional groups attached to an aromatic ring is 1. The van der Waals surface area contributed by atoms with Gasteiger partial charge < -0.3 is 15.3 Å². The molecule has 0 bridgehead atoms. The normalized spacial score (nSPS) is 10.9. The van der Waals surface area contributed by atoms with Crippen molar-refractivity contribution < 1.29 is 0 Å². The second kappa shape index (κ2) is 4.23. The maximum atomic E-state index is 5.83. The van der Waals surface area contributed by atoms with Gasteiger partial charge in [-0.25, -0.2) is 4.98 Å². The number of hydrogen-bond acceptors (Lipinski definition) is 4. The fraction of sp³-hybridized carbons (Fsp3) is 0.0833. The zero-order valence-electron chi connectivity index (χ0n) is 9.50. The zero-order valence-corrected chi connectivity index (χ0v) is 10.3. The number of nitrogens with one attached hydrogen (secondary N) is 1. The highest BCUT2D eigenvalue weighted by Gasteiger charge is 2.08. The van der Waals surface area contributed by atoms with E-state index in [-0.39, 0.29) is 0 Å². The van der Waals surface area contributed by atoms with Crippen LogP contribution in [0.3, 0.4) is 0 Å². The first-order chi connectivity index (χ1) is 8.74. The van der Waals surface area contributed by atoms with Crippen LogP contribution in [0.1, 0.15) is 5.56 Å². The largest absolute Gasteiger partial charge is 0.383 e. The van der Waals surface area contributed by atoms with E-state index in [4.69, 9.17) is 18.0 Å². The molecule has 3 aromatic rings. The quantitative estimate of drug-likeness (QED) is 0.690. The Kier molecular flexibility index (Phi) is 2.56. The van der Waals surface area contributed by atoms with E-state index in [2.05, 4.69) is 27.1 Å². The number of aromatic nitrogens is 4. The van der Waals surface area contributed by atoms with E-state index in [1.807, 2.05) is 22.8 Å². The Hall–Kier alpha value is -2.21. The minimum absolute atomic E-state index is 0.370. The van der Waals surface area contributed by atoms with Crippen molar-refractivity contribution in [3.05, 3.63) is 47.0 Å². The molecule has 0 saturated carbocycles. The van der Waals surface area contributed by atoms with E-state index >= 15 is 0 Å². The van der Waals surface area contributed by atoms with Crippen LogP contribution in [0, 0.1) is 4.77 Å². The molecule has 0 radical (unpaired) electrons. The Morgan fingerprint density at radius 3 is 2.83 bits per heavy atom. The number of benzene rings is 1. The third kappa shape index (κ3) is 1.86. The lowest BCUT2D eigenvalue weighted by atomic mass is 10.2. The molecule has 2 aromatic heterocycles. The molecule has 3 rings (SSSR count). The molecule has 0 aliphatic carbocycles. The molecule has 0 unspecified atom stereocenters. The molecule has 0 spiro atoms. The Labute approximate surface area is 108 Å². The number of fused-ring (bicyclic) bond motifs is 1. The fourth-order valence-electron chi connectivity index (χ4n) is 1.88. The van der Waals surface area contributed by atoms with Gasteiger partial charge in [-0.05, 0) is 17.8 Å². The van der Waals surface area contributed by atoms with Crippen LogP contribution in [0.4, 0.5) is 5.82 Å². The van der Waals surface area contributed by atoms with Crippen LogP contribution >= 0.6 is 12.2 Å². The van der Waals surface area contributed by atoms with Gasteiger partial charge in [0.15, 0.2) is 10.4 Å². The summed E-state index contributed by atoms with van der Waals surface area (Å²) in [6.45, 7) is 0.697. The number of hydrogen-bond donors (Lipinski definition) is 2. The molecule has 0 atom stereocenters. The summed E-state index contributed by atoms with van der Waals surface area (Å²) >= 11 is 5.03. The molecule has 3 N–H and O–H groups in total. The van der Waals surface area contributed by atoms with Crippen LogP contribution in [0.25, 0.3) is 11.2 Å². The monoisotopic (exact) mass is 257 g/mol. The van der Waals surface area contributed by atoms with E-state index in [0.717, 1.165) is 0 Å². The van der Waals surface area contributed by atoms with Gasteiger partial charge in [0.2, 0.25) is 0 Å². The van der Waals surface area contributed by atoms with Crippen molar-refractivity contribution >= 4 is 29.2 Å². The smallest absolute Gasteiger partial charge is 0.200 e. The van der Waals surface area contributed by atoms with Gasteiger partial charge >= 0.3 is 0 Å². The molecular weight excluding hydrogens is 246 g/mol. The van der Waals surface area contributed by atoms with Gasteiger partial charge in [0.05, 0.1) is 12.9 Å². The highest BCUT2D eigenvalue weighted by Crippen LogP contribution is 2.16. The second-order valence-electron chi connectivity index (χ2n) is 3.99. The predicted octanol–water partition coefficient (Wildman–Crippen LogP) is 2.12. The average Bonchev–Trinajstić information content (AvgIpc) is 2.74. The number of imidazole rings is 1. The molecule has 6 heteroatoms. The summed E-state index contributed by atoms with van der Waals surface area (Å²) in [5.74, 6) is 0.455. The van der Waals surface area contributed by atoms with E-state index in [1.54, 1.807) is 6.33 Å². The summed E-state index contributed by atoms with van der Waals surface area (Å²) in [5.41, 5.74) is 8.36. The third-order valence-corrected chi connectivity index (χ3v) is 2.90. The Balaban J connectivity index is 2.11. The molecule has 18 heavy (non-hydrogen) atoms. The number of aromatic amines is 1. The first-order valence-corrected chi connectivity index (χ1v) is 5.89.